The second-order valence-electron chi connectivity index (χ2n) is 6.22. The third kappa shape index (κ3) is 4.14. The standard InChI is InChI=1S/C18H16F3NO4S/c1-12-9-13-5-2-3-8-16(13)22(12)17(23)14-6-4-7-15(10-14)27(24,25)26-11-18(19,20)21/h2-8,10,12H,9,11H2,1H3. The molecule has 0 saturated carbocycles. The van der Waals surface area contributed by atoms with Gasteiger partial charge in [-0.15, -0.1) is 0 Å². The van der Waals surface area contributed by atoms with Crippen LogP contribution in [0.4, 0.5) is 18.9 Å². The first kappa shape index (κ1) is 19.4. The molecule has 0 fully saturated rings. The smallest absolute Gasteiger partial charge is 0.305 e. The number of nitrogens with zero attached hydrogens (tertiary/aromatic N) is 1. The molecule has 1 atom stereocenters. The summed E-state index contributed by atoms with van der Waals surface area (Å²) < 4.78 is 64.8. The Bertz CT molecular complexity index is 973. The number of hydrogen-bond acceptors (Lipinski definition) is 4. The minimum atomic E-state index is -4.78. The van der Waals surface area contributed by atoms with E-state index in [0.717, 1.165) is 23.4 Å². The summed E-state index contributed by atoms with van der Waals surface area (Å²) in [5.74, 6) is -0.430. The summed E-state index contributed by atoms with van der Waals surface area (Å²) in [4.78, 5) is 14.0. The monoisotopic (exact) mass is 399 g/mol. The molecule has 3 rings (SSSR count). The van der Waals surface area contributed by atoms with Crippen LogP contribution in [0.25, 0.3) is 0 Å². The quantitative estimate of drug-likeness (QED) is 0.738. The lowest BCUT2D eigenvalue weighted by Gasteiger charge is -2.23. The molecule has 0 aliphatic carbocycles. The van der Waals surface area contributed by atoms with E-state index in [-0.39, 0.29) is 11.6 Å². The van der Waals surface area contributed by atoms with E-state index >= 15 is 0 Å². The summed E-state index contributed by atoms with van der Waals surface area (Å²) in [6.07, 6.45) is -4.12. The SMILES string of the molecule is CC1Cc2ccccc2N1C(=O)c1cccc(S(=O)(=O)OCC(F)(F)F)c1. The second-order valence-corrected chi connectivity index (χ2v) is 7.83. The van der Waals surface area contributed by atoms with Crippen LogP contribution < -0.4 is 4.90 Å². The van der Waals surface area contributed by atoms with Gasteiger partial charge in [-0.1, -0.05) is 24.3 Å². The van der Waals surface area contributed by atoms with Gasteiger partial charge in [0.2, 0.25) is 0 Å². The number of carbonyl (C=O) groups excluding carboxylic acids is 1. The molecule has 1 unspecified atom stereocenters. The van der Waals surface area contributed by atoms with Crippen LogP contribution in [0.1, 0.15) is 22.8 Å². The van der Waals surface area contributed by atoms with Crippen LogP contribution in [0.5, 0.6) is 0 Å². The van der Waals surface area contributed by atoms with E-state index in [1.807, 2.05) is 19.1 Å². The molecule has 0 saturated heterocycles. The lowest BCUT2D eigenvalue weighted by atomic mass is 10.1. The molecule has 0 bridgehead atoms. The highest BCUT2D eigenvalue weighted by molar-refractivity contribution is 7.86. The summed E-state index contributed by atoms with van der Waals surface area (Å²) in [7, 11) is -4.64. The van der Waals surface area contributed by atoms with Crippen LogP contribution in [-0.2, 0) is 20.7 Å². The van der Waals surface area contributed by atoms with Crippen molar-refractivity contribution in [1.29, 1.82) is 0 Å². The van der Waals surface area contributed by atoms with Crippen molar-refractivity contribution in [3.63, 3.8) is 0 Å². The molecule has 5 nitrogen and oxygen atoms in total. The molecule has 2 aromatic carbocycles. The molecule has 0 aromatic heterocycles. The second kappa shape index (κ2) is 6.97. The Hall–Kier alpha value is -2.39. The molecule has 144 valence electrons. The van der Waals surface area contributed by atoms with Crippen LogP contribution in [0, 0.1) is 0 Å². The van der Waals surface area contributed by atoms with E-state index in [2.05, 4.69) is 4.18 Å². The van der Waals surface area contributed by atoms with Crippen molar-refractivity contribution in [2.45, 2.75) is 30.5 Å². The molecule has 1 aliphatic heterocycles. The molecule has 1 amide bonds. The molecular weight excluding hydrogens is 383 g/mol. The van der Waals surface area contributed by atoms with Gasteiger partial charge >= 0.3 is 6.18 Å². The number of anilines is 1. The number of halogens is 3. The Kier molecular flexibility index (Phi) is 5.00. The summed E-state index contributed by atoms with van der Waals surface area (Å²) in [6.45, 7) is -0.0605. The summed E-state index contributed by atoms with van der Waals surface area (Å²) in [5.41, 5.74) is 1.78. The fraction of sp³-hybridized carbons (Fsp3) is 0.278. The predicted octanol–water partition coefficient (Wildman–Crippen LogP) is 3.55. The van der Waals surface area contributed by atoms with Crippen molar-refractivity contribution in [2.24, 2.45) is 0 Å². The summed E-state index contributed by atoms with van der Waals surface area (Å²) in [5, 5.41) is 0. The van der Waals surface area contributed by atoms with Gasteiger partial charge in [0.1, 0.15) is 0 Å². The predicted molar refractivity (Wildman–Crippen MR) is 92.1 cm³/mol. The summed E-state index contributed by atoms with van der Waals surface area (Å²) in [6, 6.07) is 12.1. The van der Waals surface area contributed by atoms with E-state index in [0.29, 0.717) is 6.42 Å². The van der Waals surface area contributed by atoms with Gasteiger partial charge in [0.15, 0.2) is 6.61 Å². The fourth-order valence-corrected chi connectivity index (χ4v) is 3.95. The number of carbonyl (C=O) groups is 1. The van der Waals surface area contributed by atoms with Crippen molar-refractivity contribution in [3.05, 3.63) is 59.7 Å². The molecule has 0 radical (unpaired) electrons. The maximum absolute atomic E-state index is 12.9. The molecule has 9 heteroatoms. The van der Waals surface area contributed by atoms with Gasteiger partial charge in [0.25, 0.3) is 16.0 Å². The van der Waals surface area contributed by atoms with Gasteiger partial charge in [-0.3, -0.25) is 8.98 Å². The van der Waals surface area contributed by atoms with E-state index in [1.54, 1.807) is 17.0 Å². The number of fused-ring (bicyclic) bond motifs is 1. The highest BCUT2D eigenvalue weighted by Gasteiger charge is 2.33. The Balaban J connectivity index is 1.89. The van der Waals surface area contributed by atoms with E-state index in [9.17, 15) is 26.4 Å². The number of hydrogen-bond donors (Lipinski definition) is 0. The Morgan fingerprint density at radius 3 is 2.59 bits per heavy atom. The largest absolute Gasteiger partial charge is 0.413 e. The number of para-hydroxylation sites is 1. The van der Waals surface area contributed by atoms with Crippen molar-refractivity contribution in [3.8, 4) is 0 Å². The average Bonchev–Trinajstić information content (AvgIpc) is 2.95. The highest BCUT2D eigenvalue weighted by atomic mass is 32.2. The average molecular weight is 399 g/mol. The molecule has 1 heterocycles. The topological polar surface area (TPSA) is 63.7 Å². The third-order valence-electron chi connectivity index (χ3n) is 4.17. The Morgan fingerprint density at radius 1 is 1.19 bits per heavy atom. The lowest BCUT2D eigenvalue weighted by molar-refractivity contribution is -0.152. The van der Waals surface area contributed by atoms with Crippen molar-refractivity contribution in [2.75, 3.05) is 11.5 Å². The fourth-order valence-electron chi connectivity index (χ4n) is 3.01. The van der Waals surface area contributed by atoms with Gasteiger partial charge in [-0.2, -0.15) is 21.6 Å². The molecular formula is C18H16F3NO4S. The zero-order valence-corrected chi connectivity index (χ0v) is 15.0. The van der Waals surface area contributed by atoms with Gasteiger partial charge in [-0.25, -0.2) is 0 Å². The highest BCUT2D eigenvalue weighted by Crippen LogP contribution is 2.33. The van der Waals surface area contributed by atoms with Crippen LogP contribution in [0.3, 0.4) is 0 Å². The van der Waals surface area contributed by atoms with E-state index in [1.165, 1.54) is 12.1 Å². The van der Waals surface area contributed by atoms with Crippen molar-refractivity contribution < 1.29 is 30.6 Å². The maximum Gasteiger partial charge on any atom is 0.413 e. The normalized spacial score (nSPS) is 17.0. The Labute approximate surface area is 154 Å². The zero-order chi connectivity index (χ0) is 19.8. The van der Waals surface area contributed by atoms with Crippen LogP contribution in [0.2, 0.25) is 0 Å². The Morgan fingerprint density at radius 2 is 1.89 bits per heavy atom. The molecule has 1 aliphatic rings. The van der Waals surface area contributed by atoms with Gasteiger partial charge in [0.05, 0.1) is 4.90 Å². The van der Waals surface area contributed by atoms with Gasteiger partial charge in [-0.05, 0) is 43.2 Å². The lowest BCUT2D eigenvalue weighted by Crippen LogP contribution is -2.35. The number of benzene rings is 2. The van der Waals surface area contributed by atoms with Crippen LogP contribution in [0.15, 0.2) is 53.4 Å². The summed E-state index contributed by atoms with van der Waals surface area (Å²) >= 11 is 0. The van der Waals surface area contributed by atoms with Crippen LogP contribution >= 0.6 is 0 Å². The maximum atomic E-state index is 12.9. The zero-order valence-electron chi connectivity index (χ0n) is 14.2. The van der Waals surface area contributed by atoms with E-state index in [4.69, 9.17) is 0 Å². The first-order chi connectivity index (χ1) is 12.6. The molecule has 27 heavy (non-hydrogen) atoms. The van der Waals surface area contributed by atoms with Gasteiger partial charge < -0.3 is 4.90 Å². The van der Waals surface area contributed by atoms with E-state index < -0.39 is 33.7 Å². The van der Waals surface area contributed by atoms with Gasteiger partial charge in [0, 0.05) is 17.3 Å². The van der Waals surface area contributed by atoms with Crippen molar-refractivity contribution in [1.82, 2.24) is 0 Å². The first-order valence-electron chi connectivity index (χ1n) is 8.06. The molecule has 2 aromatic rings. The molecule has 0 N–H and O–H groups in total. The first-order valence-corrected chi connectivity index (χ1v) is 9.47. The van der Waals surface area contributed by atoms with Crippen LogP contribution in [-0.4, -0.2) is 33.1 Å². The minimum absolute atomic E-state index is 0.0511. The number of rotatable bonds is 4. The third-order valence-corrected chi connectivity index (χ3v) is 5.43. The van der Waals surface area contributed by atoms with Crippen molar-refractivity contribution >= 4 is 21.7 Å². The number of alkyl halides is 3. The molecule has 0 spiro atoms. The number of amides is 1. The minimum Gasteiger partial charge on any atom is -0.305 e.